The number of fused-ring (bicyclic) bond motifs is 1. The highest BCUT2D eigenvalue weighted by Crippen LogP contribution is 2.45. The van der Waals surface area contributed by atoms with E-state index in [4.69, 9.17) is 9.72 Å². The highest BCUT2D eigenvalue weighted by molar-refractivity contribution is 5.88. The van der Waals surface area contributed by atoms with Gasteiger partial charge in [-0.3, -0.25) is 9.88 Å². The predicted octanol–water partition coefficient (Wildman–Crippen LogP) is 7.49. The first-order valence-corrected chi connectivity index (χ1v) is 15.4. The molecule has 6 heteroatoms. The van der Waals surface area contributed by atoms with Gasteiger partial charge >= 0.3 is 5.97 Å². The molecule has 2 aliphatic heterocycles. The van der Waals surface area contributed by atoms with Crippen molar-refractivity contribution in [2.75, 3.05) is 24.5 Å². The van der Waals surface area contributed by atoms with Gasteiger partial charge < -0.3 is 14.7 Å². The molecule has 3 heterocycles. The second-order valence-electron chi connectivity index (χ2n) is 13.9. The maximum Gasteiger partial charge on any atom is 0.337 e. The summed E-state index contributed by atoms with van der Waals surface area (Å²) in [5.41, 5.74) is 9.16. The molecule has 2 aliphatic rings. The Hall–Kier alpha value is -3.22. The second-order valence-corrected chi connectivity index (χ2v) is 13.9. The van der Waals surface area contributed by atoms with Gasteiger partial charge in [-0.25, -0.2) is 4.79 Å². The molecule has 1 N–H and O–H groups in total. The summed E-state index contributed by atoms with van der Waals surface area (Å²) in [6, 6.07) is 17.5. The molecule has 0 unspecified atom stereocenters. The van der Waals surface area contributed by atoms with Crippen LogP contribution in [0.25, 0.3) is 11.1 Å². The number of piperidine rings is 1. The molecule has 1 atom stereocenters. The van der Waals surface area contributed by atoms with Crippen LogP contribution in [0.3, 0.4) is 0 Å². The Morgan fingerprint density at radius 3 is 2.33 bits per heavy atom. The summed E-state index contributed by atoms with van der Waals surface area (Å²) in [5.74, 6) is -0.979. The first-order valence-electron chi connectivity index (χ1n) is 15.4. The Kier molecular flexibility index (Phi) is 8.51. The Balaban J connectivity index is 1.58. The van der Waals surface area contributed by atoms with Crippen molar-refractivity contribution in [3.05, 3.63) is 82.2 Å². The number of aliphatic carboxylic acids is 1. The summed E-state index contributed by atoms with van der Waals surface area (Å²) in [4.78, 5) is 22.7. The highest BCUT2D eigenvalue weighted by atomic mass is 16.5. The summed E-state index contributed by atoms with van der Waals surface area (Å²) in [7, 11) is 0. The molecule has 1 fully saturated rings. The number of pyridine rings is 1. The van der Waals surface area contributed by atoms with Gasteiger partial charge in [-0.2, -0.15) is 0 Å². The van der Waals surface area contributed by atoms with E-state index in [2.05, 4.69) is 79.1 Å². The van der Waals surface area contributed by atoms with Crippen LogP contribution in [0, 0.1) is 19.3 Å². The largest absolute Gasteiger partial charge is 0.479 e. The van der Waals surface area contributed by atoms with E-state index in [1.54, 1.807) is 0 Å². The third-order valence-electron chi connectivity index (χ3n) is 8.81. The fraction of sp³-hybridized carbons (Fsp3) is 0.500. The van der Waals surface area contributed by atoms with Gasteiger partial charge in [0.2, 0.25) is 0 Å². The minimum atomic E-state index is -1.11. The highest BCUT2D eigenvalue weighted by Gasteiger charge is 2.36. The Morgan fingerprint density at radius 1 is 1.00 bits per heavy atom. The summed E-state index contributed by atoms with van der Waals surface area (Å²) >= 11 is 0. The van der Waals surface area contributed by atoms with Gasteiger partial charge in [0.25, 0.3) is 0 Å². The number of ether oxygens (including phenoxy) is 1. The molecule has 42 heavy (non-hydrogen) atoms. The van der Waals surface area contributed by atoms with Crippen LogP contribution in [0.4, 0.5) is 5.69 Å². The van der Waals surface area contributed by atoms with Crippen molar-refractivity contribution >= 4 is 11.7 Å². The quantitative estimate of drug-likeness (QED) is 0.318. The number of aromatic nitrogens is 1. The van der Waals surface area contributed by atoms with E-state index in [1.807, 2.05) is 27.7 Å². The van der Waals surface area contributed by atoms with Crippen LogP contribution >= 0.6 is 0 Å². The maximum atomic E-state index is 12.8. The van der Waals surface area contributed by atoms with Crippen molar-refractivity contribution in [2.45, 2.75) is 92.5 Å². The van der Waals surface area contributed by atoms with Crippen LogP contribution in [0.1, 0.15) is 87.2 Å². The van der Waals surface area contributed by atoms with Gasteiger partial charge in [0.15, 0.2) is 6.10 Å². The molecule has 0 spiro atoms. The summed E-state index contributed by atoms with van der Waals surface area (Å²) in [6.45, 7) is 19.0. The van der Waals surface area contributed by atoms with Crippen LogP contribution in [-0.4, -0.2) is 46.2 Å². The van der Waals surface area contributed by atoms with Gasteiger partial charge in [-0.05, 0) is 81.5 Å². The first-order chi connectivity index (χ1) is 19.8. The first kappa shape index (κ1) is 30.2. The van der Waals surface area contributed by atoms with Crippen LogP contribution in [0.15, 0.2) is 48.5 Å². The molecule has 6 nitrogen and oxygen atoms in total. The Bertz CT molecular complexity index is 1430. The molecule has 0 saturated carbocycles. The third kappa shape index (κ3) is 6.71. The Morgan fingerprint density at radius 2 is 1.69 bits per heavy atom. The van der Waals surface area contributed by atoms with E-state index in [0.717, 1.165) is 80.2 Å². The molecular weight excluding hydrogens is 522 g/mol. The smallest absolute Gasteiger partial charge is 0.337 e. The van der Waals surface area contributed by atoms with Gasteiger partial charge in [-0.15, -0.1) is 0 Å². The normalized spacial score (nSPS) is 18.0. The zero-order chi connectivity index (χ0) is 30.2. The lowest BCUT2D eigenvalue weighted by atomic mass is 9.81. The van der Waals surface area contributed by atoms with Crippen LogP contribution < -0.4 is 4.90 Å². The van der Waals surface area contributed by atoms with E-state index >= 15 is 0 Å². The maximum absolute atomic E-state index is 12.8. The third-order valence-corrected chi connectivity index (χ3v) is 8.81. The molecule has 5 rings (SSSR count). The van der Waals surface area contributed by atoms with E-state index < -0.39 is 17.7 Å². The molecule has 0 amide bonds. The lowest BCUT2D eigenvalue weighted by Crippen LogP contribution is -2.39. The summed E-state index contributed by atoms with van der Waals surface area (Å²) in [6.07, 6.45) is 1.97. The lowest BCUT2D eigenvalue weighted by molar-refractivity contribution is -0.160. The van der Waals surface area contributed by atoms with Crippen molar-refractivity contribution in [1.29, 1.82) is 0 Å². The van der Waals surface area contributed by atoms with Crippen LogP contribution in [0.5, 0.6) is 0 Å². The molecule has 224 valence electrons. The van der Waals surface area contributed by atoms with E-state index in [1.165, 1.54) is 16.7 Å². The molecular formula is C36H47N3O3. The molecule has 0 bridgehead atoms. The van der Waals surface area contributed by atoms with E-state index in [-0.39, 0.29) is 5.41 Å². The van der Waals surface area contributed by atoms with Crippen LogP contribution in [-0.2, 0) is 29.0 Å². The van der Waals surface area contributed by atoms with Crippen molar-refractivity contribution < 1.29 is 14.6 Å². The number of nitrogens with zero attached hydrogens (tertiary/aromatic N) is 3. The van der Waals surface area contributed by atoms with Crippen molar-refractivity contribution in [3.63, 3.8) is 0 Å². The summed E-state index contributed by atoms with van der Waals surface area (Å²) in [5, 5.41) is 10.5. The molecule has 1 aromatic heterocycles. The number of carbonyl (C=O) groups is 1. The molecule has 1 saturated heterocycles. The number of hydrogen-bond acceptors (Lipinski definition) is 5. The predicted molar refractivity (Wildman–Crippen MR) is 170 cm³/mol. The zero-order valence-corrected chi connectivity index (χ0v) is 26.5. The Labute approximate surface area is 251 Å². The van der Waals surface area contributed by atoms with Crippen molar-refractivity contribution in [1.82, 2.24) is 9.88 Å². The fourth-order valence-corrected chi connectivity index (χ4v) is 6.50. The van der Waals surface area contributed by atoms with Gasteiger partial charge in [-0.1, -0.05) is 62.4 Å². The number of aryl methyl sites for hydroxylation is 2. The molecule has 0 aliphatic carbocycles. The number of anilines is 1. The number of carboxylic acids is 1. The molecule has 0 radical (unpaired) electrons. The average Bonchev–Trinajstić information content (AvgIpc) is 2.91. The van der Waals surface area contributed by atoms with E-state index in [0.29, 0.717) is 5.56 Å². The van der Waals surface area contributed by atoms with Crippen molar-refractivity contribution in [2.24, 2.45) is 5.41 Å². The number of hydrogen-bond donors (Lipinski definition) is 1. The zero-order valence-electron chi connectivity index (χ0n) is 26.5. The molecule has 3 aromatic rings. The topological polar surface area (TPSA) is 65.9 Å². The fourth-order valence-electron chi connectivity index (χ4n) is 6.50. The van der Waals surface area contributed by atoms with Gasteiger partial charge in [0.1, 0.15) is 0 Å². The lowest BCUT2D eigenvalue weighted by Gasteiger charge is -2.41. The second kappa shape index (κ2) is 11.8. The summed E-state index contributed by atoms with van der Waals surface area (Å²) < 4.78 is 6.25. The van der Waals surface area contributed by atoms with Crippen molar-refractivity contribution in [3.8, 4) is 11.1 Å². The minimum Gasteiger partial charge on any atom is -0.479 e. The average molecular weight is 570 g/mol. The standard InChI is InChI=1S/C36H47N3O3/c1-24-30(28-13-14-29-23-38(18-15-27(29)21-28)22-26-11-9-8-10-12-26)32(39-19-16-36(6,7)17-20-39)31(25(2)37-24)33(34(40)41)42-35(3,4)5/h8-14,21,33H,15-20,22-23H2,1-7H3,(H,40,41)/t33-/m0/s1. The minimum absolute atomic E-state index is 0.263. The van der Waals surface area contributed by atoms with E-state index in [9.17, 15) is 9.90 Å². The monoisotopic (exact) mass is 569 g/mol. The van der Waals surface area contributed by atoms with Gasteiger partial charge in [0, 0.05) is 55.2 Å². The number of carboxylic acid groups (broad SMARTS) is 1. The number of benzene rings is 2. The molecule has 2 aromatic carbocycles. The van der Waals surface area contributed by atoms with Gasteiger partial charge in [0.05, 0.1) is 11.3 Å². The number of rotatable bonds is 7. The van der Waals surface area contributed by atoms with Crippen LogP contribution in [0.2, 0.25) is 0 Å². The SMILES string of the molecule is Cc1nc(C)c([C@H](OC(C)(C)C)C(=O)O)c(N2CCC(C)(C)CC2)c1-c1ccc2c(c1)CCN(Cc1ccccc1)C2.